The zero-order valence-electron chi connectivity index (χ0n) is 15.6. The highest BCUT2D eigenvalue weighted by molar-refractivity contribution is 6.10. The Bertz CT molecular complexity index is 871. The maximum Gasteiger partial charge on any atom is 0.348 e. The summed E-state index contributed by atoms with van der Waals surface area (Å²) in [6.07, 6.45) is 6.44. The van der Waals surface area contributed by atoms with Gasteiger partial charge in [0.15, 0.2) is 0 Å². The zero-order valence-corrected chi connectivity index (χ0v) is 16.5. The molecule has 2 N–H and O–H groups in total. The number of fused-ring (bicyclic) bond motifs is 1. The normalized spacial score (nSPS) is 14.7. The Balaban J connectivity index is 0.00000261. The lowest BCUT2D eigenvalue weighted by Crippen LogP contribution is -2.52. The number of nitrogens with two attached hydrogens (primary N) is 1. The highest BCUT2D eigenvalue weighted by Crippen LogP contribution is 2.19. The number of aromatic nitrogens is 2. The maximum absolute atomic E-state index is 12.7. The van der Waals surface area contributed by atoms with Crippen LogP contribution >= 0.6 is 12.4 Å². The van der Waals surface area contributed by atoms with E-state index >= 15 is 0 Å². The molecule has 2 amide bonds. The molecule has 1 aliphatic rings. The van der Waals surface area contributed by atoms with E-state index in [0.29, 0.717) is 11.9 Å². The molecule has 1 saturated heterocycles. The first-order valence-corrected chi connectivity index (χ1v) is 9.31. The van der Waals surface area contributed by atoms with E-state index in [1.165, 1.54) is 9.24 Å². The lowest BCUT2D eigenvalue weighted by molar-refractivity contribution is -0.131. The number of imide groups is 1. The Labute approximate surface area is 164 Å². The van der Waals surface area contributed by atoms with Crippen molar-refractivity contribution in [3.8, 4) is 0 Å². The Morgan fingerprint density at radius 3 is 2.30 bits per heavy atom. The standard InChI is InChI=1S/C19H26N4O3.ClH/c1-21-16-13-14(7-4-2-3-5-12-20)10-11-15(16)22(19(21)26)23-17(24)8-6-9-18(23)25;/h10-11,13H,2-9,12,20H2,1H3;1H. The van der Waals surface area contributed by atoms with Gasteiger partial charge in [0.2, 0.25) is 11.8 Å². The van der Waals surface area contributed by atoms with Crippen molar-refractivity contribution in [1.82, 2.24) is 9.24 Å². The van der Waals surface area contributed by atoms with Crippen LogP contribution in [0.1, 0.15) is 50.5 Å². The van der Waals surface area contributed by atoms with Crippen LogP contribution in [0.25, 0.3) is 11.0 Å². The summed E-state index contributed by atoms with van der Waals surface area (Å²) in [5.74, 6) is -0.639. The number of hydrogen-bond acceptors (Lipinski definition) is 4. The van der Waals surface area contributed by atoms with Crippen molar-refractivity contribution in [2.45, 2.75) is 51.4 Å². The summed E-state index contributed by atoms with van der Waals surface area (Å²) in [6.45, 7) is 0.732. The number of hydrogen-bond donors (Lipinski definition) is 1. The Hall–Kier alpha value is -2.12. The lowest BCUT2D eigenvalue weighted by atomic mass is 10.1. The SMILES string of the molecule is Cl.Cn1c(=O)n(N2C(=O)CCCC2=O)c2ccc(CCCCCCN)cc21. The summed E-state index contributed by atoms with van der Waals surface area (Å²) in [4.78, 5) is 37.2. The van der Waals surface area contributed by atoms with E-state index in [-0.39, 0.29) is 42.8 Å². The quantitative estimate of drug-likeness (QED) is 0.574. The molecule has 0 atom stereocenters. The molecule has 1 aromatic carbocycles. The van der Waals surface area contributed by atoms with Crippen LogP contribution in [0.15, 0.2) is 23.0 Å². The molecule has 27 heavy (non-hydrogen) atoms. The third-order valence-electron chi connectivity index (χ3n) is 4.97. The van der Waals surface area contributed by atoms with E-state index in [0.717, 1.165) is 54.7 Å². The van der Waals surface area contributed by atoms with Crippen molar-refractivity contribution >= 4 is 35.3 Å². The van der Waals surface area contributed by atoms with Crippen LogP contribution in [-0.2, 0) is 23.1 Å². The third-order valence-corrected chi connectivity index (χ3v) is 4.97. The molecule has 7 nitrogen and oxygen atoms in total. The molecule has 0 spiro atoms. The average Bonchev–Trinajstić information content (AvgIpc) is 2.86. The van der Waals surface area contributed by atoms with Crippen molar-refractivity contribution in [2.75, 3.05) is 11.6 Å². The van der Waals surface area contributed by atoms with Crippen molar-refractivity contribution in [3.05, 3.63) is 34.2 Å². The molecule has 8 heteroatoms. The van der Waals surface area contributed by atoms with Crippen LogP contribution in [-0.4, -0.2) is 27.6 Å². The van der Waals surface area contributed by atoms with Crippen LogP contribution in [0.5, 0.6) is 0 Å². The second kappa shape index (κ2) is 9.19. The molecule has 3 rings (SSSR count). The van der Waals surface area contributed by atoms with Gasteiger partial charge in [-0.25, -0.2) is 4.79 Å². The number of carbonyl (C=O) groups excluding carboxylic acids is 2. The van der Waals surface area contributed by atoms with Gasteiger partial charge in [0.1, 0.15) is 0 Å². The molecule has 0 bridgehead atoms. The van der Waals surface area contributed by atoms with Gasteiger partial charge in [0.05, 0.1) is 11.0 Å². The molecule has 0 unspecified atom stereocenters. The van der Waals surface area contributed by atoms with Gasteiger partial charge < -0.3 is 5.73 Å². The topological polar surface area (TPSA) is 90.3 Å². The first-order valence-electron chi connectivity index (χ1n) is 9.31. The van der Waals surface area contributed by atoms with Gasteiger partial charge in [-0.2, -0.15) is 9.69 Å². The second-order valence-corrected chi connectivity index (χ2v) is 6.88. The molecule has 0 saturated carbocycles. The molecule has 1 aliphatic heterocycles. The van der Waals surface area contributed by atoms with E-state index in [4.69, 9.17) is 5.73 Å². The first-order chi connectivity index (χ1) is 12.5. The van der Waals surface area contributed by atoms with Gasteiger partial charge in [-0.15, -0.1) is 12.4 Å². The van der Waals surface area contributed by atoms with Crippen molar-refractivity contribution in [1.29, 1.82) is 0 Å². The first kappa shape index (κ1) is 21.2. The van der Waals surface area contributed by atoms with Gasteiger partial charge in [-0.05, 0) is 49.9 Å². The number of halogens is 1. The van der Waals surface area contributed by atoms with E-state index in [1.807, 2.05) is 18.2 Å². The summed E-state index contributed by atoms with van der Waals surface area (Å²) >= 11 is 0. The summed E-state index contributed by atoms with van der Waals surface area (Å²) in [7, 11) is 1.67. The summed E-state index contributed by atoms with van der Waals surface area (Å²) in [5.41, 5.74) is 7.62. The number of benzene rings is 1. The smallest absolute Gasteiger partial charge is 0.330 e. The Morgan fingerprint density at radius 1 is 0.963 bits per heavy atom. The van der Waals surface area contributed by atoms with Gasteiger partial charge in [-0.3, -0.25) is 14.2 Å². The van der Waals surface area contributed by atoms with Crippen LogP contribution in [0, 0.1) is 0 Å². The number of nitrogens with zero attached hydrogens (tertiary/aromatic N) is 3. The van der Waals surface area contributed by atoms with Crippen LogP contribution in [0.2, 0.25) is 0 Å². The zero-order chi connectivity index (χ0) is 18.7. The number of carbonyl (C=O) groups is 2. The number of amides is 2. The van der Waals surface area contributed by atoms with Crippen LogP contribution in [0.4, 0.5) is 0 Å². The van der Waals surface area contributed by atoms with E-state index < -0.39 is 0 Å². The minimum atomic E-state index is -0.372. The molecule has 2 aromatic rings. The molecule has 2 heterocycles. The average molecular weight is 395 g/mol. The van der Waals surface area contributed by atoms with E-state index in [1.54, 1.807) is 7.05 Å². The van der Waals surface area contributed by atoms with E-state index in [9.17, 15) is 14.4 Å². The van der Waals surface area contributed by atoms with Crippen molar-refractivity contribution in [3.63, 3.8) is 0 Å². The molecular weight excluding hydrogens is 368 g/mol. The predicted octanol–water partition coefficient (Wildman–Crippen LogP) is 2.00. The monoisotopic (exact) mass is 394 g/mol. The minimum absolute atomic E-state index is 0. The predicted molar refractivity (Wildman–Crippen MR) is 108 cm³/mol. The van der Waals surface area contributed by atoms with Crippen molar-refractivity contribution in [2.24, 2.45) is 12.8 Å². The minimum Gasteiger partial charge on any atom is -0.330 e. The number of piperidine rings is 1. The third kappa shape index (κ3) is 4.25. The molecule has 1 aromatic heterocycles. The Kier molecular flexibility index (Phi) is 7.21. The van der Waals surface area contributed by atoms with Crippen molar-refractivity contribution < 1.29 is 9.59 Å². The number of unbranched alkanes of at least 4 members (excludes halogenated alkanes) is 3. The summed E-state index contributed by atoms with van der Waals surface area (Å²) < 4.78 is 2.73. The molecule has 0 aliphatic carbocycles. The molecule has 0 radical (unpaired) electrons. The van der Waals surface area contributed by atoms with Gasteiger partial charge in [0.25, 0.3) is 0 Å². The summed E-state index contributed by atoms with van der Waals surface area (Å²) in [6, 6.07) is 5.79. The van der Waals surface area contributed by atoms with Gasteiger partial charge >= 0.3 is 5.69 Å². The Morgan fingerprint density at radius 2 is 1.63 bits per heavy atom. The van der Waals surface area contributed by atoms with E-state index in [2.05, 4.69) is 0 Å². The highest BCUT2D eigenvalue weighted by Gasteiger charge is 2.30. The number of imidazole rings is 1. The fraction of sp³-hybridized carbons (Fsp3) is 0.526. The maximum atomic E-state index is 12.7. The lowest BCUT2D eigenvalue weighted by Gasteiger charge is -2.25. The fourth-order valence-corrected chi connectivity index (χ4v) is 3.51. The largest absolute Gasteiger partial charge is 0.348 e. The molecule has 148 valence electrons. The van der Waals surface area contributed by atoms with Crippen LogP contribution in [0.3, 0.4) is 0 Å². The highest BCUT2D eigenvalue weighted by atomic mass is 35.5. The fourth-order valence-electron chi connectivity index (χ4n) is 3.51. The van der Waals surface area contributed by atoms with Crippen LogP contribution < -0.4 is 16.4 Å². The number of aryl methyl sites for hydroxylation is 2. The second-order valence-electron chi connectivity index (χ2n) is 6.88. The summed E-state index contributed by atoms with van der Waals surface area (Å²) in [5, 5.41) is 1.01. The van der Waals surface area contributed by atoms with Gasteiger partial charge in [0, 0.05) is 19.9 Å². The molecule has 1 fully saturated rings. The number of rotatable bonds is 7. The molecular formula is C19H27ClN4O3. The van der Waals surface area contributed by atoms with Gasteiger partial charge in [-0.1, -0.05) is 18.9 Å².